The minimum Gasteiger partial charge on any atom is -0.790 e. The standard InChI is InChI=1S/C39H62N7O19P3S/c1-4-5-7-12-26-24(13-14-27(26)48)10-8-6-9-11-25(47)19-30(50)69-18-17-41-29(49)15-16-42-37(53)34(52)39(2,3)21-62-68(59,60)65-67(57,58)61-20-28-33(64-66(54,55)56)32(51)38(63-28)46-23-45-31-35(40)43-22-44-36(31)46/h5,7,22-24,26,28,32-34,38,51-52H,4,6,8-21H2,1-3H3,(H,41,49)(H,42,53)(H,57,58)(H,59,60)(H2,40,43,44)(H2,54,55,56)/p-4/b7-5-/t24-,26-,28+,32+,33+,34-,38+/m0/s1. The molecule has 26 nitrogen and oxygen atoms in total. The molecule has 1 saturated heterocycles. The molecule has 2 amide bonds. The van der Waals surface area contributed by atoms with Crippen molar-refractivity contribution >= 4 is 80.7 Å². The number of carbonyl (C=O) groups is 5. The van der Waals surface area contributed by atoms with Gasteiger partial charge in [-0.1, -0.05) is 57.5 Å². The third-order valence-corrected chi connectivity index (χ3v) is 15.0. The van der Waals surface area contributed by atoms with Gasteiger partial charge in [0.25, 0.3) is 15.6 Å². The van der Waals surface area contributed by atoms with Gasteiger partial charge in [0.15, 0.2) is 22.8 Å². The third-order valence-electron chi connectivity index (χ3n) is 11.1. The number of carbonyl (C=O) groups excluding carboxylic acids is 5. The summed E-state index contributed by atoms with van der Waals surface area (Å²) in [4.78, 5) is 122. The van der Waals surface area contributed by atoms with Crippen LogP contribution in [0.3, 0.4) is 0 Å². The average Bonchev–Trinajstić information content (AvgIpc) is 3.94. The maximum absolute atomic E-state index is 12.7. The SMILES string of the molecule is CC/C=C\C[C@@H]1C(=O)CC[C@@H]1CCCCCC(=O)CC(=O)SCCNC(=O)CCNC(=O)[C@H](O)C(C)(C)COP(=O)([O-])OP(=O)([O-])OC[C@H]1O[C@@H](n2cnc3c(N)ncnc32)[C@H](O)[C@@H]1OP(=O)([O-])[O-]. The Morgan fingerprint density at radius 3 is 2.46 bits per heavy atom. The number of allylic oxidation sites excluding steroid dienone is 2. The summed E-state index contributed by atoms with van der Waals surface area (Å²) >= 11 is 0.898. The summed E-state index contributed by atoms with van der Waals surface area (Å²) in [6, 6.07) is 0. The molecule has 388 valence electrons. The van der Waals surface area contributed by atoms with Gasteiger partial charge in [-0.2, -0.15) is 0 Å². The number of hydrogen-bond donors (Lipinski definition) is 5. The van der Waals surface area contributed by atoms with Crippen LogP contribution in [0.5, 0.6) is 0 Å². The highest BCUT2D eigenvalue weighted by atomic mass is 32.2. The first kappa shape index (κ1) is 58.2. The van der Waals surface area contributed by atoms with Crippen LogP contribution in [0.1, 0.15) is 97.6 Å². The number of aromatic nitrogens is 4. The van der Waals surface area contributed by atoms with Crippen LogP contribution in [0.4, 0.5) is 5.82 Å². The van der Waals surface area contributed by atoms with Crippen molar-refractivity contribution in [1.82, 2.24) is 30.2 Å². The number of nitrogens with two attached hydrogens (primary N) is 1. The first-order valence-corrected chi connectivity index (χ1v) is 27.4. The van der Waals surface area contributed by atoms with Crippen LogP contribution < -0.4 is 35.9 Å². The van der Waals surface area contributed by atoms with E-state index in [1.165, 1.54) is 13.8 Å². The normalized spacial score (nSPS) is 23.2. The van der Waals surface area contributed by atoms with Crippen molar-refractivity contribution in [3.8, 4) is 0 Å². The molecule has 0 spiro atoms. The Morgan fingerprint density at radius 2 is 1.75 bits per heavy atom. The van der Waals surface area contributed by atoms with Gasteiger partial charge in [0, 0.05) is 49.4 Å². The van der Waals surface area contributed by atoms with Gasteiger partial charge >= 0.3 is 0 Å². The van der Waals surface area contributed by atoms with Crippen molar-refractivity contribution in [2.24, 2.45) is 17.3 Å². The summed E-state index contributed by atoms with van der Waals surface area (Å²) in [6.45, 7) is 1.92. The highest BCUT2D eigenvalue weighted by Crippen LogP contribution is 2.56. The van der Waals surface area contributed by atoms with Gasteiger partial charge in [-0.15, -0.1) is 0 Å². The van der Waals surface area contributed by atoms with Crippen LogP contribution in [-0.4, -0.2) is 115 Å². The van der Waals surface area contributed by atoms with E-state index < -0.39 is 84.6 Å². The number of ether oxygens (including phenoxy) is 1. The lowest BCUT2D eigenvalue weighted by Gasteiger charge is -2.36. The summed E-state index contributed by atoms with van der Waals surface area (Å²) in [5.74, 6) is -0.838. The van der Waals surface area contributed by atoms with Gasteiger partial charge in [0.1, 0.15) is 47.8 Å². The number of anilines is 1. The first-order valence-electron chi connectivity index (χ1n) is 22.0. The Hall–Kier alpha value is -3.36. The molecule has 4 rings (SSSR count). The summed E-state index contributed by atoms with van der Waals surface area (Å²) in [5, 5.41) is 26.0. The fourth-order valence-corrected chi connectivity index (χ4v) is 11.0. The van der Waals surface area contributed by atoms with Crippen LogP contribution in [0, 0.1) is 17.3 Å². The number of nitrogen functional groups attached to an aromatic ring is 1. The lowest BCUT2D eigenvalue weighted by molar-refractivity contribution is -0.347. The summed E-state index contributed by atoms with van der Waals surface area (Å²) in [5.41, 5.74) is 4.03. The number of ketones is 2. The number of nitrogens with one attached hydrogen (secondary N) is 2. The fraction of sp³-hybridized carbons (Fsp3) is 0.692. The number of fused-ring (bicyclic) bond motifs is 1. The minimum atomic E-state index is -5.94. The van der Waals surface area contributed by atoms with Crippen LogP contribution in [0.15, 0.2) is 24.8 Å². The number of nitrogens with zero attached hydrogens (tertiary/aromatic N) is 4. The van der Waals surface area contributed by atoms with Gasteiger partial charge < -0.3 is 69.0 Å². The van der Waals surface area contributed by atoms with Gasteiger partial charge in [-0.3, -0.25) is 37.7 Å². The van der Waals surface area contributed by atoms with Crippen LogP contribution >= 0.6 is 35.2 Å². The Labute approximate surface area is 401 Å². The van der Waals surface area contributed by atoms with Crippen molar-refractivity contribution < 1.29 is 90.1 Å². The van der Waals surface area contributed by atoms with Crippen molar-refractivity contribution in [1.29, 1.82) is 0 Å². The summed E-state index contributed by atoms with van der Waals surface area (Å²) < 4.78 is 60.8. The van der Waals surface area contributed by atoms with E-state index in [9.17, 15) is 67.5 Å². The Morgan fingerprint density at radius 1 is 1.03 bits per heavy atom. The van der Waals surface area contributed by atoms with E-state index in [1.807, 2.05) is 0 Å². The maximum atomic E-state index is 12.7. The smallest absolute Gasteiger partial charge is 0.274 e. The van der Waals surface area contributed by atoms with Crippen molar-refractivity contribution in [3.63, 3.8) is 0 Å². The van der Waals surface area contributed by atoms with Crippen molar-refractivity contribution in [2.45, 2.75) is 122 Å². The molecule has 2 fully saturated rings. The fourth-order valence-electron chi connectivity index (χ4n) is 7.53. The molecule has 1 aliphatic heterocycles. The molecular formula is C39H58N7O19P3S-4. The van der Waals surface area contributed by atoms with Crippen molar-refractivity contribution in [3.05, 3.63) is 24.8 Å². The largest absolute Gasteiger partial charge is 0.790 e. The number of rotatable bonds is 30. The number of aliphatic hydroxyl groups excluding tert-OH is 2. The molecule has 1 aliphatic carbocycles. The second-order valence-corrected chi connectivity index (χ2v) is 22.2. The predicted octanol–water partition coefficient (Wildman–Crippen LogP) is -0.00200. The van der Waals surface area contributed by atoms with Gasteiger partial charge in [-0.25, -0.2) is 19.3 Å². The summed E-state index contributed by atoms with van der Waals surface area (Å²) in [7, 11) is -17.7. The zero-order chi connectivity index (χ0) is 51.2. The molecule has 1 saturated carbocycles. The number of amides is 2. The topological polar surface area (TPSA) is 409 Å². The Balaban J connectivity index is 1.10. The minimum absolute atomic E-state index is 0.0303. The molecule has 0 bridgehead atoms. The maximum Gasteiger partial charge on any atom is 0.274 e. The molecule has 0 radical (unpaired) electrons. The number of unbranched alkanes of at least 4 members (excludes halogenated alkanes) is 2. The Bertz CT molecular complexity index is 2280. The zero-order valence-corrected chi connectivity index (χ0v) is 41.6. The number of Topliss-reactive ketones (excluding diaryl/α,β-unsaturated/α-hetero) is 2. The molecule has 30 heteroatoms. The molecule has 2 aromatic rings. The number of thioether (sulfide) groups is 1. The molecule has 2 unspecified atom stereocenters. The van der Waals surface area contributed by atoms with E-state index >= 15 is 0 Å². The average molecular weight is 1050 g/mol. The zero-order valence-electron chi connectivity index (χ0n) is 38.1. The highest BCUT2D eigenvalue weighted by molar-refractivity contribution is 8.13. The number of aliphatic hydroxyl groups is 2. The molecule has 2 aliphatic rings. The third kappa shape index (κ3) is 18.6. The second-order valence-electron chi connectivity index (χ2n) is 17.0. The molecule has 0 aromatic carbocycles. The van der Waals surface area contributed by atoms with Crippen LogP contribution in [-0.2, 0) is 60.3 Å². The number of phosphoric acid groups is 3. The molecule has 69 heavy (non-hydrogen) atoms. The van der Waals surface area contributed by atoms with Crippen molar-refractivity contribution in [2.75, 3.05) is 37.8 Å². The van der Waals surface area contributed by atoms with Crippen LogP contribution in [0.2, 0.25) is 0 Å². The quantitative estimate of drug-likeness (QED) is 0.0297. The molecule has 6 N–H and O–H groups in total. The van der Waals surface area contributed by atoms with E-state index in [1.54, 1.807) is 0 Å². The molecular weight excluding hydrogens is 995 g/mol. The van der Waals surface area contributed by atoms with E-state index in [2.05, 4.69) is 62.5 Å². The predicted molar refractivity (Wildman–Crippen MR) is 236 cm³/mol. The lowest BCUT2D eigenvalue weighted by Crippen LogP contribution is -2.46. The van der Waals surface area contributed by atoms with E-state index in [0.29, 0.717) is 24.5 Å². The number of hydrogen-bond acceptors (Lipinski definition) is 24. The first-order chi connectivity index (χ1) is 32.3. The molecule has 2 aromatic heterocycles. The van der Waals surface area contributed by atoms with Gasteiger partial charge in [-0.05, 0) is 38.0 Å². The molecule has 9 atom stereocenters. The second kappa shape index (κ2) is 26.4. The van der Waals surface area contributed by atoms with Crippen LogP contribution in [0.25, 0.3) is 11.2 Å². The monoisotopic (exact) mass is 1050 g/mol. The lowest BCUT2D eigenvalue weighted by atomic mass is 9.87. The number of phosphoric ester groups is 3. The number of imidazole rings is 1. The van der Waals surface area contributed by atoms with Gasteiger partial charge in [0.05, 0.1) is 33.8 Å². The van der Waals surface area contributed by atoms with E-state index in [-0.39, 0.29) is 71.9 Å². The Kier molecular flexibility index (Phi) is 22.2. The van der Waals surface area contributed by atoms with E-state index in [4.69, 9.17) is 10.5 Å². The summed E-state index contributed by atoms with van der Waals surface area (Å²) in [6.07, 6.45) is 3.08. The van der Waals surface area contributed by atoms with E-state index in [0.717, 1.165) is 67.5 Å². The highest BCUT2D eigenvalue weighted by Gasteiger charge is 2.47. The molecule has 3 heterocycles. The van der Waals surface area contributed by atoms with Gasteiger partial charge in [0.2, 0.25) is 11.8 Å².